The molecule has 0 fully saturated rings. The molecule has 0 saturated heterocycles. The van der Waals surface area contributed by atoms with Crippen LogP contribution in [-0.4, -0.2) is 26.4 Å². The maximum absolute atomic E-state index is 12.2. The minimum Gasteiger partial charge on any atom is -0.351 e. The van der Waals surface area contributed by atoms with E-state index in [1.165, 1.54) is 0 Å². The highest BCUT2D eigenvalue weighted by atomic mass is 32.2. The summed E-state index contributed by atoms with van der Waals surface area (Å²) in [7, 11) is -3.58. The fourth-order valence-corrected chi connectivity index (χ4v) is 3.21. The summed E-state index contributed by atoms with van der Waals surface area (Å²) in [5.41, 5.74) is 1.25. The van der Waals surface area contributed by atoms with E-state index in [9.17, 15) is 13.2 Å². The highest BCUT2D eigenvalue weighted by Gasteiger charge is 2.18. The quantitative estimate of drug-likeness (QED) is 0.872. The Balaban J connectivity index is 2.66. The third kappa shape index (κ3) is 5.85. The third-order valence-corrected chi connectivity index (χ3v) is 4.39. The second kappa shape index (κ2) is 6.58. The molecule has 0 saturated carbocycles. The van der Waals surface area contributed by atoms with Gasteiger partial charge in [0, 0.05) is 18.5 Å². The standard InChI is InChI=1S/C15H24N2O3S/c1-11-6-7-12(2)13(10-11)21(19,20)16-9-8-14(18)17-15(3,4)5/h6-7,10,16H,8-9H2,1-5H3,(H,17,18). The minimum absolute atomic E-state index is 0.0810. The average Bonchev–Trinajstić information content (AvgIpc) is 2.29. The molecule has 0 radical (unpaired) electrons. The first-order valence-corrected chi connectivity index (χ1v) is 8.37. The number of amides is 1. The molecule has 2 N–H and O–H groups in total. The van der Waals surface area contributed by atoms with Gasteiger partial charge in [-0.15, -0.1) is 0 Å². The number of hydrogen-bond acceptors (Lipinski definition) is 3. The van der Waals surface area contributed by atoms with Crippen LogP contribution < -0.4 is 10.0 Å². The molecule has 0 spiro atoms. The SMILES string of the molecule is Cc1ccc(C)c(S(=O)(=O)NCCC(=O)NC(C)(C)C)c1. The van der Waals surface area contributed by atoms with Crippen molar-refractivity contribution in [2.24, 2.45) is 0 Å². The lowest BCUT2D eigenvalue weighted by atomic mass is 10.1. The van der Waals surface area contributed by atoms with Crippen molar-refractivity contribution in [2.75, 3.05) is 6.54 Å². The molecule has 0 aliphatic carbocycles. The Labute approximate surface area is 127 Å². The van der Waals surface area contributed by atoms with Gasteiger partial charge < -0.3 is 5.32 Å². The smallest absolute Gasteiger partial charge is 0.240 e. The number of rotatable bonds is 5. The summed E-state index contributed by atoms with van der Waals surface area (Å²) in [5.74, 6) is -0.175. The first-order chi connectivity index (χ1) is 9.51. The fourth-order valence-electron chi connectivity index (χ4n) is 1.85. The Morgan fingerprint density at radius 1 is 1.19 bits per heavy atom. The van der Waals surface area contributed by atoms with Crippen molar-refractivity contribution in [3.63, 3.8) is 0 Å². The maximum Gasteiger partial charge on any atom is 0.240 e. The summed E-state index contributed by atoms with van der Waals surface area (Å²) >= 11 is 0. The molecule has 0 aliphatic rings. The average molecular weight is 312 g/mol. The summed E-state index contributed by atoms with van der Waals surface area (Å²) in [4.78, 5) is 11.9. The highest BCUT2D eigenvalue weighted by molar-refractivity contribution is 7.89. The van der Waals surface area contributed by atoms with E-state index < -0.39 is 10.0 Å². The van der Waals surface area contributed by atoms with Gasteiger partial charge >= 0.3 is 0 Å². The fraction of sp³-hybridized carbons (Fsp3) is 0.533. The Hall–Kier alpha value is -1.40. The van der Waals surface area contributed by atoms with Crippen molar-refractivity contribution in [2.45, 2.75) is 51.5 Å². The zero-order chi connectivity index (χ0) is 16.3. The topological polar surface area (TPSA) is 75.3 Å². The van der Waals surface area contributed by atoms with Crippen molar-refractivity contribution >= 4 is 15.9 Å². The predicted molar refractivity (Wildman–Crippen MR) is 83.6 cm³/mol. The first-order valence-electron chi connectivity index (χ1n) is 6.89. The van der Waals surface area contributed by atoms with Gasteiger partial charge in [-0.1, -0.05) is 12.1 Å². The molecule has 0 bridgehead atoms. The second-order valence-corrected chi connectivity index (χ2v) is 7.95. The second-order valence-electron chi connectivity index (χ2n) is 6.21. The first kappa shape index (κ1) is 17.7. The Morgan fingerprint density at radius 3 is 2.38 bits per heavy atom. The summed E-state index contributed by atoms with van der Waals surface area (Å²) in [6, 6.07) is 5.27. The number of carbonyl (C=O) groups excluding carboxylic acids is 1. The number of benzene rings is 1. The van der Waals surface area contributed by atoms with E-state index in [0.717, 1.165) is 5.56 Å². The van der Waals surface area contributed by atoms with Gasteiger partial charge in [0.2, 0.25) is 15.9 Å². The van der Waals surface area contributed by atoms with Gasteiger partial charge in [0.15, 0.2) is 0 Å². The number of nitrogens with one attached hydrogen (secondary N) is 2. The van der Waals surface area contributed by atoms with Gasteiger partial charge in [-0.3, -0.25) is 4.79 Å². The van der Waals surface area contributed by atoms with Crippen LogP contribution in [0.2, 0.25) is 0 Å². The van der Waals surface area contributed by atoms with Crippen molar-refractivity contribution < 1.29 is 13.2 Å². The molecule has 0 atom stereocenters. The van der Waals surface area contributed by atoms with Crippen LogP contribution in [0.5, 0.6) is 0 Å². The highest BCUT2D eigenvalue weighted by Crippen LogP contribution is 2.16. The molecule has 21 heavy (non-hydrogen) atoms. The molecule has 0 aromatic heterocycles. The van der Waals surface area contributed by atoms with Crippen LogP contribution in [0.1, 0.15) is 38.3 Å². The van der Waals surface area contributed by atoms with Crippen LogP contribution in [0.25, 0.3) is 0 Å². The van der Waals surface area contributed by atoms with Crippen LogP contribution in [0.4, 0.5) is 0 Å². The monoisotopic (exact) mass is 312 g/mol. The zero-order valence-corrected chi connectivity index (χ0v) is 14.1. The zero-order valence-electron chi connectivity index (χ0n) is 13.3. The van der Waals surface area contributed by atoms with Crippen LogP contribution in [0.3, 0.4) is 0 Å². The molecule has 1 amide bonds. The van der Waals surface area contributed by atoms with E-state index in [-0.39, 0.29) is 29.3 Å². The molecule has 1 rings (SSSR count). The number of hydrogen-bond donors (Lipinski definition) is 2. The summed E-state index contributed by atoms with van der Waals surface area (Å²) < 4.78 is 26.9. The molecule has 1 aromatic carbocycles. The summed E-state index contributed by atoms with van der Waals surface area (Å²) in [6.45, 7) is 9.31. The summed E-state index contributed by atoms with van der Waals surface area (Å²) in [5, 5.41) is 2.79. The van der Waals surface area contributed by atoms with E-state index >= 15 is 0 Å². The molecular weight excluding hydrogens is 288 g/mol. The van der Waals surface area contributed by atoms with Gasteiger partial charge in [0.25, 0.3) is 0 Å². The normalized spacial score (nSPS) is 12.2. The Bertz CT molecular complexity index is 616. The van der Waals surface area contributed by atoms with Crippen molar-refractivity contribution in [3.05, 3.63) is 29.3 Å². The molecule has 0 unspecified atom stereocenters. The van der Waals surface area contributed by atoms with Gasteiger partial charge in [-0.25, -0.2) is 13.1 Å². The number of aryl methyl sites for hydroxylation is 2. The molecule has 0 heterocycles. The van der Waals surface area contributed by atoms with Crippen LogP contribution in [0.15, 0.2) is 23.1 Å². The van der Waals surface area contributed by atoms with Crippen LogP contribution >= 0.6 is 0 Å². The van der Waals surface area contributed by atoms with Crippen LogP contribution in [-0.2, 0) is 14.8 Å². The molecule has 5 nitrogen and oxygen atoms in total. The minimum atomic E-state index is -3.58. The molecule has 0 aliphatic heterocycles. The Kier molecular flexibility index (Phi) is 5.53. The van der Waals surface area contributed by atoms with Crippen molar-refractivity contribution in [1.82, 2.24) is 10.0 Å². The van der Waals surface area contributed by atoms with E-state index in [4.69, 9.17) is 0 Å². The van der Waals surface area contributed by atoms with Crippen molar-refractivity contribution in [1.29, 1.82) is 0 Å². The van der Waals surface area contributed by atoms with E-state index in [1.54, 1.807) is 19.1 Å². The largest absolute Gasteiger partial charge is 0.351 e. The number of sulfonamides is 1. The molecular formula is C15H24N2O3S. The van der Waals surface area contributed by atoms with Gasteiger partial charge in [0.05, 0.1) is 4.90 Å². The van der Waals surface area contributed by atoms with Gasteiger partial charge in [-0.2, -0.15) is 0 Å². The van der Waals surface area contributed by atoms with E-state index in [2.05, 4.69) is 10.0 Å². The lowest BCUT2D eigenvalue weighted by molar-refractivity contribution is -0.122. The van der Waals surface area contributed by atoms with Gasteiger partial charge in [-0.05, 0) is 51.8 Å². The molecule has 118 valence electrons. The third-order valence-electron chi connectivity index (χ3n) is 2.79. The lowest BCUT2D eigenvalue weighted by Crippen LogP contribution is -2.42. The predicted octanol–water partition coefficient (Wildman–Crippen LogP) is 1.89. The maximum atomic E-state index is 12.2. The van der Waals surface area contributed by atoms with Crippen molar-refractivity contribution in [3.8, 4) is 0 Å². The van der Waals surface area contributed by atoms with E-state index in [1.807, 2.05) is 33.8 Å². The summed E-state index contributed by atoms with van der Waals surface area (Å²) in [6.07, 6.45) is 0.112. The number of carbonyl (C=O) groups is 1. The lowest BCUT2D eigenvalue weighted by Gasteiger charge is -2.20. The Morgan fingerprint density at radius 2 is 1.81 bits per heavy atom. The van der Waals surface area contributed by atoms with Gasteiger partial charge in [0.1, 0.15) is 0 Å². The molecule has 1 aromatic rings. The van der Waals surface area contributed by atoms with E-state index in [0.29, 0.717) is 5.56 Å². The molecule has 6 heteroatoms. The van der Waals surface area contributed by atoms with Crippen LogP contribution in [0, 0.1) is 13.8 Å².